The molecule has 0 spiro atoms. The summed E-state index contributed by atoms with van der Waals surface area (Å²) in [4.78, 5) is 13.9. The maximum Gasteiger partial charge on any atom is 0.350 e. The van der Waals surface area contributed by atoms with Gasteiger partial charge in [-0.25, -0.2) is 9.36 Å². The smallest absolute Gasteiger partial charge is 0.350 e. The summed E-state index contributed by atoms with van der Waals surface area (Å²) in [6, 6.07) is 37.5. The molecule has 5 aromatic rings. The number of hydrogen-bond donors (Lipinski definition) is 0. The molecule has 154 valence electrons. The molecule has 0 bridgehead atoms. The van der Waals surface area contributed by atoms with Crippen LogP contribution in [0.25, 0.3) is 33.9 Å². The van der Waals surface area contributed by atoms with Crippen LogP contribution in [0.5, 0.6) is 5.88 Å². The van der Waals surface area contributed by atoms with Crippen molar-refractivity contribution in [3.63, 3.8) is 0 Å². The fourth-order valence-electron chi connectivity index (χ4n) is 3.94. The fraction of sp³-hybridized carbons (Fsp3) is 0. The lowest BCUT2D eigenvalue weighted by molar-refractivity contribution is -0.643. The molecule has 0 saturated heterocycles. The number of benzene rings is 4. The molecule has 32 heavy (non-hydrogen) atoms. The van der Waals surface area contributed by atoms with Crippen molar-refractivity contribution in [2.75, 3.05) is 0 Å². The standard InChI is InChI=1S/C28H20N2O2/c31-27-25(21-13-5-1-6-14-21)28(32)30(24-19-11-4-12-20-24)26(22-15-7-2-8-16-22)29(27)23-17-9-3-10-18-23/h1-20H. The average Bonchev–Trinajstić information content (AvgIpc) is 2.86. The van der Waals surface area contributed by atoms with Crippen molar-refractivity contribution < 1.29 is 9.67 Å². The van der Waals surface area contributed by atoms with Crippen LogP contribution in [0.3, 0.4) is 0 Å². The van der Waals surface area contributed by atoms with Crippen LogP contribution >= 0.6 is 0 Å². The van der Waals surface area contributed by atoms with Crippen LogP contribution < -0.4 is 15.2 Å². The van der Waals surface area contributed by atoms with Gasteiger partial charge < -0.3 is 5.11 Å². The number of rotatable bonds is 4. The lowest BCUT2D eigenvalue weighted by Gasteiger charge is -2.21. The molecule has 0 aliphatic heterocycles. The zero-order valence-corrected chi connectivity index (χ0v) is 17.3. The van der Waals surface area contributed by atoms with Gasteiger partial charge in [-0.15, -0.1) is 0 Å². The van der Waals surface area contributed by atoms with E-state index in [-0.39, 0.29) is 17.0 Å². The Morgan fingerprint density at radius 3 is 1.62 bits per heavy atom. The summed E-state index contributed by atoms with van der Waals surface area (Å²) in [6.45, 7) is 0. The Hall–Kier alpha value is -4.44. The van der Waals surface area contributed by atoms with Gasteiger partial charge in [-0.2, -0.15) is 4.57 Å². The first kappa shape index (κ1) is 19.5. The first-order chi connectivity index (χ1) is 15.8. The van der Waals surface area contributed by atoms with E-state index in [0.29, 0.717) is 22.8 Å². The second kappa shape index (κ2) is 8.36. The Balaban J connectivity index is 2.00. The van der Waals surface area contributed by atoms with E-state index in [2.05, 4.69) is 0 Å². The van der Waals surface area contributed by atoms with Crippen molar-refractivity contribution in [3.05, 3.63) is 132 Å². The van der Waals surface area contributed by atoms with Gasteiger partial charge in [0.15, 0.2) is 0 Å². The van der Waals surface area contributed by atoms with E-state index in [0.717, 1.165) is 5.56 Å². The van der Waals surface area contributed by atoms with Crippen molar-refractivity contribution in [3.8, 4) is 39.8 Å². The number of hydrogen-bond acceptors (Lipinski definition) is 2. The number of para-hydroxylation sites is 2. The van der Waals surface area contributed by atoms with E-state index < -0.39 is 0 Å². The molecule has 0 fully saturated rings. The van der Waals surface area contributed by atoms with Crippen molar-refractivity contribution in [1.29, 1.82) is 0 Å². The lowest BCUT2D eigenvalue weighted by Crippen LogP contribution is -2.45. The number of aromatic nitrogens is 2. The normalized spacial score (nSPS) is 10.8. The van der Waals surface area contributed by atoms with E-state index >= 15 is 0 Å². The lowest BCUT2D eigenvalue weighted by atomic mass is 10.1. The van der Waals surface area contributed by atoms with E-state index in [1.807, 2.05) is 109 Å². The molecule has 0 N–H and O–H groups in total. The minimum Gasteiger partial charge on any atom is -0.841 e. The molecule has 5 rings (SSSR count). The van der Waals surface area contributed by atoms with Gasteiger partial charge in [-0.1, -0.05) is 84.9 Å². The maximum absolute atomic E-state index is 13.9. The molecule has 0 saturated carbocycles. The highest BCUT2D eigenvalue weighted by Crippen LogP contribution is 2.27. The predicted octanol–water partition coefficient (Wildman–Crippen LogP) is 4.52. The first-order valence-corrected chi connectivity index (χ1v) is 10.4. The summed E-state index contributed by atoms with van der Waals surface area (Å²) in [5.74, 6) is 0.163. The average molecular weight is 416 g/mol. The third kappa shape index (κ3) is 3.38. The minimum atomic E-state index is -0.349. The zero-order valence-electron chi connectivity index (χ0n) is 17.3. The minimum absolute atomic E-state index is 0.137. The van der Waals surface area contributed by atoms with Gasteiger partial charge in [-0.3, -0.25) is 0 Å². The van der Waals surface area contributed by atoms with Crippen LogP contribution in [0.15, 0.2) is 126 Å². The zero-order chi connectivity index (χ0) is 21.9. The summed E-state index contributed by atoms with van der Waals surface area (Å²) in [5.41, 5.74) is 2.54. The predicted molar refractivity (Wildman–Crippen MR) is 124 cm³/mol. The van der Waals surface area contributed by atoms with E-state index in [4.69, 9.17) is 0 Å². The Morgan fingerprint density at radius 1 is 0.594 bits per heavy atom. The molecular formula is C28H20N2O2. The largest absolute Gasteiger partial charge is 0.841 e. The Kier molecular flexibility index (Phi) is 5.10. The summed E-state index contributed by atoms with van der Waals surface area (Å²) in [7, 11) is 0. The molecular weight excluding hydrogens is 396 g/mol. The highest BCUT2D eigenvalue weighted by atomic mass is 16.3. The van der Waals surface area contributed by atoms with Gasteiger partial charge in [0.05, 0.1) is 11.4 Å². The molecule has 0 atom stereocenters. The van der Waals surface area contributed by atoms with Gasteiger partial charge in [0.2, 0.25) is 0 Å². The molecule has 0 aliphatic rings. The van der Waals surface area contributed by atoms with Crippen LogP contribution in [0, 0.1) is 0 Å². The van der Waals surface area contributed by atoms with Crippen molar-refractivity contribution in [2.24, 2.45) is 0 Å². The molecule has 0 unspecified atom stereocenters. The summed E-state index contributed by atoms with van der Waals surface area (Å²) >= 11 is 0. The molecule has 1 aromatic heterocycles. The van der Waals surface area contributed by atoms with Crippen molar-refractivity contribution in [2.45, 2.75) is 0 Å². The third-order valence-corrected chi connectivity index (χ3v) is 5.38. The van der Waals surface area contributed by atoms with Gasteiger partial charge in [-0.05, 0) is 42.0 Å². The van der Waals surface area contributed by atoms with Gasteiger partial charge in [0.1, 0.15) is 16.9 Å². The Morgan fingerprint density at radius 2 is 1.06 bits per heavy atom. The van der Waals surface area contributed by atoms with Gasteiger partial charge in [0, 0.05) is 0 Å². The molecule has 0 amide bonds. The monoisotopic (exact) mass is 416 g/mol. The highest BCUT2D eigenvalue weighted by Gasteiger charge is 2.28. The maximum atomic E-state index is 13.9. The van der Waals surface area contributed by atoms with E-state index in [9.17, 15) is 9.90 Å². The van der Waals surface area contributed by atoms with E-state index in [1.165, 1.54) is 0 Å². The van der Waals surface area contributed by atoms with Crippen LogP contribution in [-0.4, -0.2) is 4.57 Å². The second-order valence-electron chi connectivity index (χ2n) is 7.38. The molecule has 4 aromatic carbocycles. The third-order valence-electron chi connectivity index (χ3n) is 5.38. The van der Waals surface area contributed by atoms with Crippen LogP contribution in [0.1, 0.15) is 0 Å². The molecule has 1 heterocycles. The molecule has 0 aliphatic carbocycles. The van der Waals surface area contributed by atoms with Crippen molar-refractivity contribution in [1.82, 2.24) is 4.57 Å². The Labute approximate surface area is 185 Å². The first-order valence-electron chi connectivity index (χ1n) is 10.4. The topological polar surface area (TPSA) is 48.9 Å². The Bertz CT molecular complexity index is 1410. The van der Waals surface area contributed by atoms with E-state index in [1.54, 1.807) is 21.3 Å². The summed E-state index contributed by atoms with van der Waals surface area (Å²) in [5, 5.41) is 13.9. The SMILES string of the molecule is O=c1c(-c2ccccc2)c([O-])[n+](-c2ccccc2)c(-c2ccccc2)n1-c1ccccc1. The quantitative estimate of drug-likeness (QED) is 0.405. The van der Waals surface area contributed by atoms with Crippen LogP contribution in [-0.2, 0) is 0 Å². The number of nitrogens with zero attached hydrogens (tertiary/aromatic N) is 2. The molecule has 4 nitrogen and oxygen atoms in total. The van der Waals surface area contributed by atoms with Gasteiger partial charge in [0.25, 0.3) is 0 Å². The fourth-order valence-corrected chi connectivity index (χ4v) is 3.94. The summed E-state index contributed by atoms with van der Waals surface area (Å²) < 4.78 is 3.26. The van der Waals surface area contributed by atoms with Crippen LogP contribution in [0.4, 0.5) is 0 Å². The van der Waals surface area contributed by atoms with Crippen molar-refractivity contribution >= 4 is 0 Å². The second-order valence-corrected chi connectivity index (χ2v) is 7.38. The van der Waals surface area contributed by atoms with Gasteiger partial charge >= 0.3 is 11.4 Å². The summed E-state index contributed by atoms with van der Waals surface area (Å²) in [6.07, 6.45) is 0. The highest BCUT2D eigenvalue weighted by molar-refractivity contribution is 5.69. The molecule has 4 heteroatoms. The van der Waals surface area contributed by atoms with Crippen LogP contribution in [0.2, 0.25) is 0 Å². The molecule has 0 radical (unpaired) electrons.